The molecule has 1 amide bonds. The summed E-state index contributed by atoms with van der Waals surface area (Å²) in [5.74, 6) is 2.33. The van der Waals surface area contributed by atoms with Crippen LogP contribution in [0, 0.1) is 0 Å². The van der Waals surface area contributed by atoms with Crippen LogP contribution in [0.4, 0.5) is 5.82 Å². The number of piperazine rings is 1. The van der Waals surface area contributed by atoms with E-state index in [1.807, 2.05) is 24.3 Å². The second-order valence-corrected chi connectivity index (χ2v) is 12.3. The van der Waals surface area contributed by atoms with Gasteiger partial charge in [0.05, 0.1) is 44.6 Å². The van der Waals surface area contributed by atoms with E-state index in [0.29, 0.717) is 61.5 Å². The van der Waals surface area contributed by atoms with Crippen LogP contribution in [0.2, 0.25) is 0 Å². The monoisotopic (exact) mass is 611 g/mol. The van der Waals surface area contributed by atoms with Crippen molar-refractivity contribution in [3.05, 3.63) is 54.6 Å². The predicted octanol–water partition coefficient (Wildman–Crippen LogP) is 2.69. The number of methoxy groups -OCH3 is 3. The highest BCUT2D eigenvalue weighted by molar-refractivity contribution is 7.89. The molecule has 0 bridgehead atoms. The Bertz CT molecular complexity index is 1490. The van der Waals surface area contributed by atoms with Crippen LogP contribution < -0.4 is 19.1 Å². The summed E-state index contributed by atoms with van der Waals surface area (Å²) in [6.07, 6.45) is 1.39. The van der Waals surface area contributed by atoms with Gasteiger partial charge in [0.1, 0.15) is 17.2 Å². The summed E-state index contributed by atoms with van der Waals surface area (Å²) in [6, 6.07) is 15.5. The van der Waals surface area contributed by atoms with Gasteiger partial charge in [0.25, 0.3) is 0 Å². The minimum absolute atomic E-state index is 0.109. The van der Waals surface area contributed by atoms with Crippen molar-refractivity contribution in [1.82, 2.24) is 19.4 Å². The van der Waals surface area contributed by atoms with Gasteiger partial charge in [-0.25, -0.2) is 8.42 Å². The predicted molar refractivity (Wildman–Crippen MR) is 160 cm³/mol. The molecule has 3 heterocycles. The maximum absolute atomic E-state index is 13.6. The molecule has 0 spiro atoms. The van der Waals surface area contributed by atoms with Gasteiger partial charge >= 0.3 is 0 Å². The maximum atomic E-state index is 13.6. The summed E-state index contributed by atoms with van der Waals surface area (Å²) in [5.41, 5.74) is 1.47. The largest absolute Gasteiger partial charge is 0.497 e. The smallest absolute Gasteiger partial charge is 0.243 e. The third-order valence-electron chi connectivity index (χ3n) is 7.73. The van der Waals surface area contributed by atoms with E-state index >= 15 is 0 Å². The Balaban J connectivity index is 1.23. The minimum atomic E-state index is -3.93. The highest BCUT2D eigenvalue weighted by Crippen LogP contribution is 2.32. The van der Waals surface area contributed by atoms with E-state index in [9.17, 15) is 13.2 Å². The van der Waals surface area contributed by atoms with Gasteiger partial charge in [-0.15, -0.1) is 10.2 Å². The molecule has 1 atom stereocenters. The second-order valence-electron chi connectivity index (χ2n) is 10.3. The van der Waals surface area contributed by atoms with Crippen LogP contribution in [0.1, 0.15) is 12.8 Å². The van der Waals surface area contributed by atoms with Crippen LogP contribution in [0.3, 0.4) is 0 Å². The fourth-order valence-corrected chi connectivity index (χ4v) is 6.66. The second kappa shape index (κ2) is 13.6. The van der Waals surface area contributed by atoms with E-state index in [4.69, 9.17) is 18.9 Å². The molecule has 0 radical (unpaired) electrons. The number of carbonyl (C=O) groups is 1. The van der Waals surface area contributed by atoms with Crippen molar-refractivity contribution in [1.29, 1.82) is 0 Å². The van der Waals surface area contributed by atoms with E-state index in [-0.39, 0.29) is 30.0 Å². The average molecular weight is 612 g/mol. The number of sulfonamides is 1. The molecule has 43 heavy (non-hydrogen) atoms. The van der Waals surface area contributed by atoms with E-state index in [0.717, 1.165) is 18.4 Å². The van der Waals surface area contributed by atoms with Gasteiger partial charge in [-0.3, -0.25) is 4.79 Å². The van der Waals surface area contributed by atoms with Gasteiger partial charge in [-0.05, 0) is 61.4 Å². The molecule has 0 unspecified atom stereocenters. The lowest BCUT2D eigenvalue weighted by Gasteiger charge is -2.36. The standard InChI is InChI=1S/C30H37N5O7S/c1-39-22-6-9-25(10-7-22)43(37,38)35(20-24-5-4-18-42-24)21-30(36)34-16-14-33(15-17-34)29-13-12-27(31-32-29)26-11-8-23(40-2)19-28(26)41-3/h6-13,19,24H,4-5,14-18,20-21H2,1-3H3/t24-/m1/s1. The average Bonchev–Trinajstić information content (AvgIpc) is 3.57. The van der Waals surface area contributed by atoms with Gasteiger partial charge < -0.3 is 28.7 Å². The number of aromatic nitrogens is 2. The zero-order chi connectivity index (χ0) is 30.4. The summed E-state index contributed by atoms with van der Waals surface area (Å²) < 4.78 is 50.1. The molecular formula is C30H37N5O7S. The summed E-state index contributed by atoms with van der Waals surface area (Å²) in [5, 5.41) is 8.84. The van der Waals surface area contributed by atoms with Crippen molar-refractivity contribution in [3.63, 3.8) is 0 Å². The van der Waals surface area contributed by atoms with Crippen molar-refractivity contribution in [2.75, 3.05) is 72.1 Å². The molecule has 5 rings (SSSR count). The summed E-state index contributed by atoms with van der Waals surface area (Å²) in [4.78, 5) is 17.3. The number of benzene rings is 2. The molecule has 2 aliphatic rings. The van der Waals surface area contributed by atoms with E-state index in [1.165, 1.54) is 23.5 Å². The molecule has 0 saturated carbocycles. The van der Waals surface area contributed by atoms with Crippen LogP contribution in [-0.2, 0) is 19.6 Å². The van der Waals surface area contributed by atoms with Crippen LogP contribution in [0.25, 0.3) is 11.3 Å². The molecule has 2 fully saturated rings. The van der Waals surface area contributed by atoms with E-state index in [1.54, 1.807) is 37.3 Å². The molecule has 1 aromatic heterocycles. The molecule has 12 nitrogen and oxygen atoms in total. The Morgan fingerprint density at radius 3 is 2.26 bits per heavy atom. The Hall–Kier alpha value is -3.94. The normalized spacial score (nSPS) is 17.3. The lowest BCUT2D eigenvalue weighted by Crippen LogP contribution is -2.52. The molecule has 230 valence electrons. The Labute approximate surface area is 252 Å². The molecule has 2 aromatic carbocycles. The molecular weight excluding hydrogens is 574 g/mol. The molecule has 2 aliphatic heterocycles. The van der Waals surface area contributed by atoms with Crippen molar-refractivity contribution in [2.45, 2.75) is 23.8 Å². The first kappa shape index (κ1) is 30.5. The first-order chi connectivity index (χ1) is 20.8. The van der Waals surface area contributed by atoms with Crippen LogP contribution >= 0.6 is 0 Å². The van der Waals surface area contributed by atoms with Gasteiger partial charge in [0.2, 0.25) is 15.9 Å². The fraction of sp³-hybridized carbons (Fsp3) is 0.433. The lowest BCUT2D eigenvalue weighted by molar-refractivity contribution is -0.131. The molecule has 3 aromatic rings. The number of carbonyl (C=O) groups excluding carboxylic acids is 1. The topological polar surface area (TPSA) is 124 Å². The van der Waals surface area contributed by atoms with Gasteiger partial charge in [0, 0.05) is 51.0 Å². The first-order valence-electron chi connectivity index (χ1n) is 14.2. The third-order valence-corrected chi connectivity index (χ3v) is 9.56. The minimum Gasteiger partial charge on any atom is -0.497 e. The quantitative estimate of drug-likeness (QED) is 0.320. The summed E-state index contributed by atoms with van der Waals surface area (Å²) in [6.45, 7) is 2.42. The lowest BCUT2D eigenvalue weighted by atomic mass is 10.1. The summed E-state index contributed by atoms with van der Waals surface area (Å²) >= 11 is 0. The van der Waals surface area contributed by atoms with Gasteiger partial charge in [-0.1, -0.05) is 0 Å². The van der Waals surface area contributed by atoms with Crippen molar-refractivity contribution in [3.8, 4) is 28.5 Å². The zero-order valence-electron chi connectivity index (χ0n) is 24.6. The number of amides is 1. The van der Waals surface area contributed by atoms with Crippen LogP contribution in [-0.4, -0.2) is 107 Å². The Kier molecular flexibility index (Phi) is 9.63. The summed E-state index contributed by atoms with van der Waals surface area (Å²) in [7, 11) is 0.783. The van der Waals surface area contributed by atoms with E-state index in [2.05, 4.69) is 15.1 Å². The number of ether oxygens (including phenoxy) is 4. The molecule has 13 heteroatoms. The highest BCUT2D eigenvalue weighted by atomic mass is 32.2. The van der Waals surface area contributed by atoms with Gasteiger partial charge in [0.15, 0.2) is 5.82 Å². The first-order valence-corrected chi connectivity index (χ1v) is 15.6. The van der Waals surface area contributed by atoms with Gasteiger partial charge in [-0.2, -0.15) is 4.31 Å². The molecule has 0 aliphatic carbocycles. The Morgan fingerprint density at radius 1 is 0.930 bits per heavy atom. The Morgan fingerprint density at radius 2 is 1.65 bits per heavy atom. The van der Waals surface area contributed by atoms with Crippen LogP contribution in [0.5, 0.6) is 17.2 Å². The number of hydrogen-bond acceptors (Lipinski definition) is 10. The van der Waals surface area contributed by atoms with Crippen molar-refractivity contribution < 1.29 is 32.2 Å². The third kappa shape index (κ3) is 7.00. The number of nitrogens with zero attached hydrogens (tertiary/aromatic N) is 5. The molecule has 0 N–H and O–H groups in total. The number of hydrogen-bond donors (Lipinski definition) is 0. The SMILES string of the molecule is COc1ccc(S(=O)(=O)N(CC(=O)N2CCN(c3ccc(-c4ccc(OC)cc4OC)nn3)CC2)C[C@H]2CCCO2)cc1. The highest BCUT2D eigenvalue weighted by Gasteiger charge is 2.33. The number of rotatable bonds is 11. The van der Waals surface area contributed by atoms with Crippen LogP contribution in [0.15, 0.2) is 59.5 Å². The zero-order valence-corrected chi connectivity index (χ0v) is 25.5. The van der Waals surface area contributed by atoms with E-state index < -0.39 is 10.0 Å². The molecule has 2 saturated heterocycles. The maximum Gasteiger partial charge on any atom is 0.243 e. The fourth-order valence-electron chi connectivity index (χ4n) is 5.24. The number of anilines is 1. The van der Waals surface area contributed by atoms with Crippen molar-refractivity contribution >= 4 is 21.7 Å². The van der Waals surface area contributed by atoms with Crippen molar-refractivity contribution in [2.24, 2.45) is 0 Å².